The molecule has 3 aromatic carbocycles. The lowest BCUT2D eigenvalue weighted by molar-refractivity contribution is -0.139. The summed E-state index contributed by atoms with van der Waals surface area (Å²) in [6, 6.07) is 16.5. The van der Waals surface area contributed by atoms with Crippen molar-refractivity contribution < 1.29 is 23.8 Å². The van der Waals surface area contributed by atoms with E-state index in [4.69, 9.17) is 14.2 Å². The highest BCUT2D eigenvalue weighted by atomic mass is 32.1. The lowest BCUT2D eigenvalue weighted by Crippen LogP contribution is -2.08. The van der Waals surface area contributed by atoms with Gasteiger partial charge in [0.1, 0.15) is 0 Å². The van der Waals surface area contributed by atoms with Crippen molar-refractivity contribution in [1.82, 2.24) is 0 Å². The van der Waals surface area contributed by atoms with Crippen LogP contribution >= 0.6 is 11.3 Å². The molecule has 5 nitrogen and oxygen atoms in total. The van der Waals surface area contributed by atoms with Crippen LogP contribution in [0.5, 0.6) is 11.5 Å². The summed E-state index contributed by atoms with van der Waals surface area (Å²) in [4.78, 5) is 23.6. The molecule has 0 spiro atoms. The van der Waals surface area contributed by atoms with Crippen LogP contribution in [0.15, 0.2) is 72.8 Å². The second-order valence-electron chi connectivity index (χ2n) is 9.08. The van der Waals surface area contributed by atoms with Crippen molar-refractivity contribution in [1.29, 1.82) is 0 Å². The first-order valence-corrected chi connectivity index (χ1v) is 12.8. The average Bonchev–Trinajstić information content (AvgIpc) is 3.26. The van der Waals surface area contributed by atoms with Gasteiger partial charge in [0.25, 0.3) is 0 Å². The summed E-state index contributed by atoms with van der Waals surface area (Å²) in [5, 5.41) is 2.20. The molecule has 6 heteroatoms. The van der Waals surface area contributed by atoms with Gasteiger partial charge in [-0.25, -0.2) is 9.59 Å². The second kappa shape index (κ2) is 11.0. The Bertz CT molecular complexity index is 1530. The SMILES string of the molecule is C=C(C)C(=O)OCCCc1ccc(-c2ccc3c(sc4c(OC)c(OC(=O)C(=C)C)ccc43)c2C)cc1. The molecule has 1 heterocycles. The zero-order valence-electron chi connectivity index (χ0n) is 21.6. The van der Waals surface area contributed by atoms with E-state index in [-0.39, 0.29) is 5.97 Å². The third-order valence-electron chi connectivity index (χ3n) is 6.19. The van der Waals surface area contributed by atoms with E-state index in [9.17, 15) is 9.59 Å². The minimum atomic E-state index is -0.478. The fourth-order valence-corrected chi connectivity index (χ4v) is 5.50. The fourth-order valence-electron chi connectivity index (χ4n) is 4.18. The maximum Gasteiger partial charge on any atom is 0.338 e. The lowest BCUT2D eigenvalue weighted by atomic mass is 9.97. The molecule has 0 saturated heterocycles. The number of rotatable bonds is 9. The maximum absolute atomic E-state index is 12.1. The molecule has 0 aliphatic carbocycles. The Labute approximate surface area is 221 Å². The molecule has 0 fully saturated rings. The molecule has 37 heavy (non-hydrogen) atoms. The number of aryl methyl sites for hydroxylation is 2. The molecule has 4 rings (SSSR count). The van der Waals surface area contributed by atoms with Crippen molar-refractivity contribution >= 4 is 43.4 Å². The summed E-state index contributed by atoms with van der Waals surface area (Å²) >= 11 is 1.63. The van der Waals surface area contributed by atoms with Crippen LogP contribution in [0.25, 0.3) is 31.3 Å². The quantitative estimate of drug-likeness (QED) is 0.0997. The third kappa shape index (κ3) is 5.44. The van der Waals surface area contributed by atoms with Crippen molar-refractivity contribution in [2.45, 2.75) is 33.6 Å². The molecule has 4 aromatic rings. The number of carbonyl (C=O) groups is 2. The Hall–Kier alpha value is -3.90. The van der Waals surface area contributed by atoms with Crippen molar-refractivity contribution in [2.75, 3.05) is 13.7 Å². The number of esters is 2. The van der Waals surface area contributed by atoms with Gasteiger partial charge in [-0.1, -0.05) is 49.6 Å². The van der Waals surface area contributed by atoms with Gasteiger partial charge in [-0.3, -0.25) is 0 Å². The molecule has 0 atom stereocenters. The molecule has 0 aliphatic rings. The summed E-state index contributed by atoms with van der Waals surface area (Å²) in [6.45, 7) is 13.0. The highest BCUT2D eigenvalue weighted by Crippen LogP contribution is 2.46. The molecule has 0 unspecified atom stereocenters. The van der Waals surface area contributed by atoms with Crippen molar-refractivity contribution in [3.05, 3.63) is 84.0 Å². The average molecular weight is 515 g/mol. The zero-order chi connectivity index (χ0) is 26.7. The number of fused-ring (bicyclic) bond motifs is 3. The van der Waals surface area contributed by atoms with Crippen molar-refractivity contribution in [3.63, 3.8) is 0 Å². The maximum atomic E-state index is 12.1. The summed E-state index contributed by atoms with van der Waals surface area (Å²) in [5.41, 5.74) is 5.42. The number of hydrogen-bond acceptors (Lipinski definition) is 6. The summed E-state index contributed by atoms with van der Waals surface area (Å²) in [5.74, 6) is 0.114. The Morgan fingerprint density at radius 2 is 1.51 bits per heavy atom. The smallest absolute Gasteiger partial charge is 0.338 e. The standard InChI is InChI=1S/C31H30O5S/c1-18(2)30(32)35-17-7-8-21-9-11-22(12-10-21)23-13-14-24-25-15-16-26(36-31(33)19(3)4)27(34-6)29(25)37-28(24)20(23)5/h9-16H,1,3,7-8,17H2,2,4-6H3. The van der Waals surface area contributed by atoms with Gasteiger partial charge in [0.2, 0.25) is 0 Å². The van der Waals surface area contributed by atoms with E-state index >= 15 is 0 Å². The predicted molar refractivity (Wildman–Crippen MR) is 151 cm³/mol. The number of benzene rings is 3. The van der Waals surface area contributed by atoms with E-state index in [0.717, 1.165) is 44.1 Å². The molecule has 190 valence electrons. The highest BCUT2D eigenvalue weighted by molar-refractivity contribution is 7.26. The summed E-state index contributed by atoms with van der Waals surface area (Å²) in [6.07, 6.45) is 1.59. The number of carbonyl (C=O) groups excluding carboxylic acids is 2. The first-order chi connectivity index (χ1) is 17.7. The van der Waals surface area contributed by atoms with Crippen LogP contribution in [-0.4, -0.2) is 25.7 Å². The van der Waals surface area contributed by atoms with E-state index in [1.165, 1.54) is 11.1 Å². The Morgan fingerprint density at radius 1 is 0.865 bits per heavy atom. The lowest BCUT2D eigenvalue weighted by Gasteiger charge is -2.10. The molecular weight excluding hydrogens is 484 g/mol. The van der Waals surface area contributed by atoms with Gasteiger partial charge in [-0.15, -0.1) is 11.3 Å². The number of thiophene rings is 1. The van der Waals surface area contributed by atoms with Gasteiger partial charge in [-0.05, 0) is 68.0 Å². The first-order valence-electron chi connectivity index (χ1n) is 12.0. The van der Waals surface area contributed by atoms with Crippen molar-refractivity contribution in [2.24, 2.45) is 0 Å². The van der Waals surface area contributed by atoms with E-state index in [1.54, 1.807) is 38.4 Å². The van der Waals surface area contributed by atoms with Crippen LogP contribution in [0.2, 0.25) is 0 Å². The molecular formula is C31H30O5S. The van der Waals surface area contributed by atoms with Gasteiger partial charge >= 0.3 is 11.9 Å². The van der Waals surface area contributed by atoms with Gasteiger partial charge < -0.3 is 14.2 Å². The van der Waals surface area contributed by atoms with E-state index in [0.29, 0.717) is 29.3 Å². The molecule has 0 bridgehead atoms. The topological polar surface area (TPSA) is 61.8 Å². The molecule has 0 aliphatic heterocycles. The van der Waals surface area contributed by atoms with Crippen LogP contribution < -0.4 is 9.47 Å². The van der Waals surface area contributed by atoms with Gasteiger partial charge in [0.15, 0.2) is 11.5 Å². The van der Waals surface area contributed by atoms with Gasteiger partial charge in [0, 0.05) is 26.6 Å². The second-order valence-corrected chi connectivity index (χ2v) is 10.1. The Morgan fingerprint density at radius 3 is 2.16 bits per heavy atom. The molecule has 0 saturated carbocycles. The fraction of sp³-hybridized carbons (Fsp3) is 0.226. The van der Waals surface area contributed by atoms with E-state index < -0.39 is 5.97 Å². The van der Waals surface area contributed by atoms with Crippen LogP contribution in [-0.2, 0) is 20.7 Å². The van der Waals surface area contributed by atoms with E-state index in [1.807, 2.05) is 6.07 Å². The molecule has 0 radical (unpaired) electrons. The van der Waals surface area contributed by atoms with Crippen LogP contribution in [0.4, 0.5) is 0 Å². The summed E-state index contributed by atoms with van der Waals surface area (Å²) in [7, 11) is 1.58. The third-order valence-corrected chi connectivity index (χ3v) is 7.53. The molecule has 0 amide bonds. The van der Waals surface area contributed by atoms with Crippen molar-refractivity contribution in [3.8, 4) is 22.6 Å². The zero-order valence-corrected chi connectivity index (χ0v) is 22.4. The highest BCUT2D eigenvalue weighted by Gasteiger charge is 2.19. The minimum absolute atomic E-state index is 0.330. The predicted octanol–water partition coefficient (Wildman–Crippen LogP) is 7.57. The molecule has 0 N–H and O–H groups in total. The first kappa shape index (κ1) is 26.2. The largest absolute Gasteiger partial charge is 0.491 e. The Balaban J connectivity index is 1.60. The van der Waals surface area contributed by atoms with Crippen LogP contribution in [0, 0.1) is 6.92 Å². The van der Waals surface area contributed by atoms with Gasteiger partial charge in [0.05, 0.1) is 18.4 Å². The van der Waals surface area contributed by atoms with Gasteiger partial charge in [-0.2, -0.15) is 0 Å². The molecule has 1 aromatic heterocycles. The van der Waals surface area contributed by atoms with E-state index in [2.05, 4.69) is 56.5 Å². The number of ether oxygens (including phenoxy) is 3. The monoisotopic (exact) mass is 514 g/mol. The van der Waals surface area contributed by atoms with Crippen LogP contribution in [0.3, 0.4) is 0 Å². The Kier molecular flexibility index (Phi) is 7.79. The summed E-state index contributed by atoms with van der Waals surface area (Å²) < 4.78 is 18.5. The number of hydrogen-bond donors (Lipinski definition) is 0. The normalized spacial score (nSPS) is 10.9. The minimum Gasteiger partial charge on any atom is -0.491 e. The number of methoxy groups -OCH3 is 1. The van der Waals surface area contributed by atoms with Crippen LogP contribution in [0.1, 0.15) is 31.4 Å².